The fraction of sp³-hybridized carbons (Fsp3) is 0.321. The van der Waals surface area contributed by atoms with Crippen LogP contribution in [0.25, 0.3) is 0 Å². The van der Waals surface area contributed by atoms with Crippen LogP contribution in [0.2, 0.25) is 5.02 Å². The molecule has 0 saturated carbocycles. The largest absolute Gasteiger partial charge is 0.486 e. The number of aliphatic hydroxyl groups excluding tert-OH is 1. The predicted molar refractivity (Wildman–Crippen MR) is 156 cm³/mol. The maximum absolute atomic E-state index is 13.7. The van der Waals surface area contributed by atoms with E-state index in [-0.39, 0.29) is 46.5 Å². The average molecular weight is 622 g/mol. The molecule has 3 aromatic rings. The fourth-order valence-corrected chi connectivity index (χ4v) is 6.88. The number of carbonyl (C=O) groups is 1. The Morgan fingerprint density at radius 1 is 1.02 bits per heavy atom. The van der Waals surface area contributed by atoms with Gasteiger partial charge in [-0.15, -0.1) is 0 Å². The standard InChI is InChI=1S/C28H32ClN3O7S2/c1-19-16-32(20(2)18-33)28(34)24-10-7-11-25(30-40(35,36)22-14-12-21(29)13-15-22)27(24)39-26(19)17-31(3)41(37,38)23-8-5-4-6-9-23/h4-15,19-20,26,30,33H,16-18H2,1-3H3/t19-,20+,26-/m1/s1. The van der Waals surface area contributed by atoms with Gasteiger partial charge in [0, 0.05) is 24.5 Å². The Labute approximate surface area is 245 Å². The summed E-state index contributed by atoms with van der Waals surface area (Å²) in [4.78, 5) is 15.2. The molecule has 0 aromatic heterocycles. The van der Waals surface area contributed by atoms with E-state index in [0.29, 0.717) is 5.02 Å². The number of benzene rings is 3. The average Bonchev–Trinajstić information content (AvgIpc) is 2.95. The highest BCUT2D eigenvalue weighted by Gasteiger charge is 2.36. The SMILES string of the molecule is C[C@@H]1CN([C@@H](C)CO)C(=O)c2cccc(NS(=O)(=O)c3ccc(Cl)cc3)c2O[C@@H]1CN(C)S(=O)(=O)c1ccccc1. The van der Waals surface area contributed by atoms with Crippen molar-refractivity contribution in [1.29, 1.82) is 0 Å². The number of nitrogens with zero attached hydrogens (tertiary/aromatic N) is 2. The van der Waals surface area contributed by atoms with Gasteiger partial charge in [0.2, 0.25) is 10.0 Å². The first-order valence-corrected chi connectivity index (χ1v) is 16.2. The van der Waals surface area contributed by atoms with Crippen molar-refractivity contribution in [3.8, 4) is 5.75 Å². The number of likely N-dealkylation sites (N-methyl/N-ethyl adjacent to an activating group) is 1. The van der Waals surface area contributed by atoms with E-state index in [4.69, 9.17) is 16.3 Å². The Balaban J connectivity index is 1.76. The quantitative estimate of drug-likeness (QED) is 0.372. The molecule has 0 fully saturated rings. The van der Waals surface area contributed by atoms with E-state index in [2.05, 4.69) is 4.72 Å². The minimum Gasteiger partial charge on any atom is -0.486 e. The number of anilines is 1. The molecule has 1 heterocycles. The summed E-state index contributed by atoms with van der Waals surface area (Å²) in [6.07, 6.45) is -0.792. The van der Waals surface area contributed by atoms with Crippen molar-refractivity contribution in [3.05, 3.63) is 83.4 Å². The van der Waals surface area contributed by atoms with Gasteiger partial charge >= 0.3 is 0 Å². The van der Waals surface area contributed by atoms with Crippen molar-refractivity contribution in [3.63, 3.8) is 0 Å². The van der Waals surface area contributed by atoms with Crippen LogP contribution in [0.4, 0.5) is 5.69 Å². The van der Waals surface area contributed by atoms with Crippen LogP contribution in [-0.4, -0.2) is 75.9 Å². The summed E-state index contributed by atoms with van der Waals surface area (Å²) in [5.74, 6) is -0.896. The normalized spacial score (nSPS) is 18.7. The molecule has 3 atom stereocenters. The van der Waals surface area contributed by atoms with Crippen molar-refractivity contribution in [2.24, 2.45) is 5.92 Å². The van der Waals surface area contributed by atoms with Crippen molar-refractivity contribution < 1.29 is 31.5 Å². The van der Waals surface area contributed by atoms with Gasteiger partial charge in [0.15, 0.2) is 5.75 Å². The fourth-order valence-electron chi connectivity index (χ4n) is 4.48. The third-order valence-corrected chi connectivity index (χ3v) is 10.4. The van der Waals surface area contributed by atoms with Gasteiger partial charge in [0.1, 0.15) is 6.10 Å². The van der Waals surface area contributed by atoms with E-state index in [1.54, 1.807) is 25.1 Å². The third kappa shape index (κ3) is 6.68. The molecule has 0 radical (unpaired) electrons. The summed E-state index contributed by atoms with van der Waals surface area (Å²) in [5, 5.41) is 10.3. The third-order valence-electron chi connectivity index (χ3n) is 6.95. The first kappa shape index (κ1) is 30.8. The van der Waals surface area contributed by atoms with Crippen LogP contribution in [0.3, 0.4) is 0 Å². The number of hydrogen-bond donors (Lipinski definition) is 2. The van der Waals surface area contributed by atoms with E-state index in [9.17, 15) is 26.7 Å². The van der Waals surface area contributed by atoms with Gasteiger partial charge in [0.05, 0.1) is 40.2 Å². The van der Waals surface area contributed by atoms with E-state index >= 15 is 0 Å². The Hall–Kier alpha value is -3.16. The lowest BCUT2D eigenvalue weighted by Crippen LogP contribution is -2.50. The molecule has 2 N–H and O–H groups in total. The number of nitrogens with one attached hydrogen (secondary N) is 1. The molecular formula is C28H32ClN3O7S2. The maximum atomic E-state index is 13.7. The molecule has 0 aliphatic carbocycles. The summed E-state index contributed by atoms with van der Waals surface area (Å²) in [6, 6.07) is 17.5. The Kier molecular flexibility index (Phi) is 9.29. The van der Waals surface area contributed by atoms with E-state index < -0.39 is 44.0 Å². The molecule has 13 heteroatoms. The van der Waals surface area contributed by atoms with Crippen LogP contribution in [0.5, 0.6) is 5.75 Å². The molecule has 1 aliphatic heterocycles. The van der Waals surface area contributed by atoms with E-state index in [1.807, 2.05) is 6.92 Å². The molecule has 4 rings (SSSR count). The highest BCUT2D eigenvalue weighted by atomic mass is 35.5. The number of amides is 1. The van der Waals surface area contributed by atoms with Gasteiger partial charge in [-0.1, -0.05) is 42.8 Å². The zero-order chi connectivity index (χ0) is 29.9. The van der Waals surface area contributed by atoms with Crippen LogP contribution < -0.4 is 9.46 Å². The Bertz CT molecular complexity index is 1600. The number of halogens is 1. The maximum Gasteiger partial charge on any atom is 0.262 e. The first-order valence-electron chi connectivity index (χ1n) is 12.9. The molecule has 0 unspecified atom stereocenters. The zero-order valence-electron chi connectivity index (χ0n) is 22.8. The highest BCUT2D eigenvalue weighted by molar-refractivity contribution is 7.92. The number of aliphatic hydroxyl groups is 1. The predicted octanol–water partition coefficient (Wildman–Crippen LogP) is 3.68. The van der Waals surface area contributed by atoms with Crippen molar-refractivity contribution in [2.45, 2.75) is 35.8 Å². The monoisotopic (exact) mass is 621 g/mol. The van der Waals surface area contributed by atoms with Gasteiger partial charge in [-0.05, 0) is 55.5 Å². The van der Waals surface area contributed by atoms with Gasteiger partial charge in [-0.25, -0.2) is 16.8 Å². The highest BCUT2D eigenvalue weighted by Crippen LogP contribution is 2.36. The van der Waals surface area contributed by atoms with Crippen LogP contribution >= 0.6 is 11.6 Å². The van der Waals surface area contributed by atoms with Crippen LogP contribution in [0.15, 0.2) is 82.6 Å². The molecule has 220 valence electrons. The number of carbonyl (C=O) groups excluding carboxylic acids is 1. The summed E-state index contributed by atoms with van der Waals surface area (Å²) in [7, 11) is -6.55. The minimum atomic E-state index is -4.11. The number of hydrogen-bond acceptors (Lipinski definition) is 7. The molecule has 10 nitrogen and oxygen atoms in total. The summed E-state index contributed by atoms with van der Waals surface area (Å²) in [6.45, 7) is 3.28. The molecule has 3 aromatic carbocycles. The van der Waals surface area contributed by atoms with E-state index in [1.165, 1.54) is 70.9 Å². The second-order valence-electron chi connectivity index (χ2n) is 9.96. The van der Waals surface area contributed by atoms with Crippen molar-refractivity contribution in [2.75, 3.05) is 31.5 Å². The molecule has 41 heavy (non-hydrogen) atoms. The number of para-hydroxylation sites is 1. The molecule has 0 spiro atoms. The number of ether oxygens (including phenoxy) is 1. The molecule has 0 bridgehead atoms. The smallest absolute Gasteiger partial charge is 0.262 e. The van der Waals surface area contributed by atoms with Crippen molar-refractivity contribution in [1.82, 2.24) is 9.21 Å². The molecule has 0 saturated heterocycles. The number of fused-ring (bicyclic) bond motifs is 1. The second-order valence-corrected chi connectivity index (χ2v) is 14.1. The molecular weight excluding hydrogens is 590 g/mol. The topological polar surface area (TPSA) is 133 Å². The summed E-state index contributed by atoms with van der Waals surface area (Å²) in [5.41, 5.74) is 0.0853. The molecule has 1 amide bonds. The second kappa shape index (κ2) is 12.4. The van der Waals surface area contributed by atoms with Crippen LogP contribution in [-0.2, 0) is 20.0 Å². The first-order chi connectivity index (χ1) is 19.3. The van der Waals surface area contributed by atoms with E-state index in [0.717, 1.165) is 0 Å². The number of sulfonamides is 2. The van der Waals surface area contributed by atoms with Gasteiger partial charge in [0.25, 0.3) is 15.9 Å². The Morgan fingerprint density at radius 3 is 2.32 bits per heavy atom. The lowest BCUT2D eigenvalue weighted by atomic mass is 9.99. The Morgan fingerprint density at radius 2 is 1.68 bits per heavy atom. The minimum absolute atomic E-state index is 0.00933. The summed E-state index contributed by atoms with van der Waals surface area (Å²) < 4.78 is 63.1. The van der Waals surface area contributed by atoms with Gasteiger partial charge in [-0.2, -0.15) is 4.31 Å². The lowest BCUT2D eigenvalue weighted by molar-refractivity contribution is 0.0389. The van der Waals surface area contributed by atoms with Gasteiger partial charge in [-0.3, -0.25) is 9.52 Å². The lowest BCUT2D eigenvalue weighted by Gasteiger charge is -2.38. The van der Waals surface area contributed by atoms with Crippen molar-refractivity contribution >= 4 is 43.2 Å². The van der Waals surface area contributed by atoms with Crippen LogP contribution in [0, 0.1) is 5.92 Å². The summed E-state index contributed by atoms with van der Waals surface area (Å²) >= 11 is 5.92. The molecule has 1 aliphatic rings. The van der Waals surface area contributed by atoms with Crippen LogP contribution in [0.1, 0.15) is 24.2 Å². The zero-order valence-corrected chi connectivity index (χ0v) is 25.2. The number of rotatable bonds is 9. The van der Waals surface area contributed by atoms with Gasteiger partial charge < -0.3 is 14.7 Å².